The zero-order valence-electron chi connectivity index (χ0n) is 7.49. The third-order valence-electron chi connectivity index (χ3n) is 2.03. The van der Waals surface area contributed by atoms with E-state index in [4.69, 9.17) is 5.11 Å². The summed E-state index contributed by atoms with van der Waals surface area (Å²) < 4.78 is 0. The summed E-state index contributed by atoms with van der Waals surface area (Å²) in [5.74, 6) is -0.564. The van der Waals surface area contributed by atoms with E-state index in [-0.39, 0.29) is 6.42 Å². The van der Waals surface area contributed by atoms with Crippen molar-refractivity contribution in [2.45, 2.75) is 19.8 Å². The molecule has 1 rings (SSSR count). The van der Waals surface area contributed by atoms with Gasteiger partial charge in [0.15, 0.2) is 0 Å². The Kier molecular flexibility index (Phi) is 3.01. The van der Waals surface area contributed by atoms with Gasteiger partial charge < -0.3 is 5.11 Å². The minimum Gasteiger partial charge on any atom is -0.481 e. The maximum absolute atomic E-state index is 10.6. The average Bonchev–Trinajstić information content (AvgIpc) is 2.03. The Bertz CT molecular complexity index is 287. The summed E-state index contributed by atoms with van der Waals surface area (Å²) in [4.78, 5) is 21.0. The first-order valence-electron chi connectivity index (χ1n) is 4.21. The van der Waals surface area contributed by atoms with Crippen LogP contribution in [0.25, 0.3) is 0 Å². The number of hydrogen-bond donors (Lipinski definition) is 1. The summed E-state index contributed by atoms with van der Waals surface area (Å²) in [5, 5.41) is 8.58. The molecule has 0 heterocycles. The van der Waals surface area contributed by atoms with Crippen molar-refractivity contribution in [1.82, 2.24) is 0 Å². The highest BCUT2D eigenvalue weighted by molar-refractivity contribution is 5.84. The number of hydrogen-bond acceptors (Lipinski definition) is 2. The Morgan fingerprint density at radius 3 is 3.00 bits per heavy atom. The molecule has 0 radical (unpaired) electrons. The Morgan fingerprint density at radius 2 is 2.46 bits per heavy atom. The highest BCUT2D eigenvalue weighted by atomic mass is 16.4. The Morgan fingerprint density at radius 1 is 1.77 bits per heavy atom. The molecule has 0 saturated heterocycles. The molecule has 0 fully saturated rings. The number of aldehydes is 1. The summed E-state index contributed by atoms with van der Waals surface area (Å²) >= 11 is 0. The number of aliphatic carboxylic acids is 1. The molecule has 1 atom stereocenters. The van der Waals surface area contributed by atoms with Gasteiger partial charge in [0.05, 0.1) is 6.42 Å². The number of carboxylic acid groups (broad SMARTS) is 1. The second kappa shape index (κ2) is 4.03. The lowest BCUT2D eigenvalue weighted by molar-refractivity contribution is -0.136. The van der Waals surface area contributed by atoms with Gasteiger partial charge >= 0.3 is 5.97 Å². The van der Waals surface area contributed by atoms with E-state index >= 15 is 0 Å². The minimum absolute atomic E-state index is 0.0606. The van der Waals surface area contributed by atoms with Gasteiger partial charge in [-0.15, -0.1) is 0 Å². The smallest absolute Gasteiger partial charge is 0.307 e. The Balaban J connectivity index is 2.82. The summed E-state index contributed by atoms with van der Waals surface area (Å²) in [7, 11) is 0. The van der Waals surface area contributed by atoms with Crippen LogP contribution in [-0.2, 0) is 9.59 Å². The van der Waals surface area contributed by atoms with Crippen LogP contribution in [0.1, 0.15) is 19.8 Å². The van der Waals surface area contributed by atoms with Crippen molar-refractivity contribution in [3.05, 3.63) is 23.3 Å². The van der Waals surface area contributed by atoms with E-state index in [0.29, 0.717) is 17.1 Å². The average molecular weight is 180 g/mol. The van der Waals surface area contributed by atoms with Crippen molar-refractivity contribution in [1.29, 1.82) is 0 Å². The molecule has 1 aliphatic carbocycles. The molecular formula is C10H12O3. The van der Waals surface area contributed by atoms with Crippen LogP contribution in [0.4, 0.5) is 0 Å². The predicted molar refractivity (Wildman–Crippen MR) is 48.3 cm³/mol. The van der Waals surface area contributed by atoms with Crippen molar-refractivity contribution in [3.63, 3.8) is 0 Å². The summed E-state index contributed by atoms with van der Waals surface area (Å²) in [5.41, 5.74) is 1.17. The van der Waals surface area contributed by atoms with E-state index in [2.05, 4.69) is 0 Å². The van der Waals surface area contributed by atoms with E-state index < -0.39 is 5.97 Å². The fourth-order valence-electron chi connectivity index (χ4n) is 1.40. The molecule has 70 valence electrons. The largest absolute Gasteiger partial charge is 0.481 e. The molecule has 0 aliphatic heterocycles. The Labute approximate surface area is 76.8 Å². The number of carboxylic acids is 1. The van der Waals surface area contributed by atoms with Gasteiger partial charge in [0.25, 0.3) is 0 Å². The maximum Gasteiger partial charge on any atom is 0.307 e. The monoisotopic (exact) mass is 180 g/mol. The van der Waals surface area contributed by atoms with Gasteiger partial charge in [-0.1, -0.05) is 19.1 Å². The molecule has 0 aromatic rings. The molecule has 0 amide bonds. The minimum atomic E-state index is -0.895. The fraction of sp³-hybridized carbons (Fsp3) is 0.400. The molecule has 0 saturated carbocycles. The molecule has 0 bridgehead atoms. The summed E-state index contributed by atoms with van der Waals surface area (Å²) in [6.07, 6.45) is 5.14. The van der Waals surface area contributed by atoms with E-state index in [1.165, 1.54) is 0 Å². The number of carbonyl (C=O) groups is 2. The molecule has 0 aromatic heterocycles. The van der Waals surface area contributed by atoms with Crippen molar-refractivity contribution in [2.75, 3.05) is 0 Å². The number of allylic oxidation sites excluding steroid dienone is 3. The lowest BCUT2D eigenvalue weighted by Gasteiger charge is -2.14. The molecule has 3 nitrogen and oxygen atoms in total. The predicted octanol–water partition coefficient (Wildman–Crippen LogP) is 1.55. The quantitative estimate of drug-likeness (QED) is 0.670. The van der Waals surface area contributed by atoms with Gasteiger partial charge in [-0.25, -0.2) is 0 Å². The fourth-order valence-corrected chi connectivity index (χ4v) is 1.40. The van der Waals surface area contributed by atoms with Gasteiger partial charge in [0.2, 0.25) is 0 Å². The van der Waals surface area contributed by atoms with Crippen LogP contribution in [0, 0.1) is 5.92 Å². The molecule has 0 spiro atoms. The van der Waals surface area contributed by atoms with Crippen LogP contribution < -0.4 is 0 Å². The summed E-state index contributed by atoms with van der Waals surface area (Å²) in [6.45, 7) is 2.00. The molecule has 13 heavy (non-hydrogen) atoms. The highest BCUT2D eigenvalue weighted by Gasteiger charge is 2.14. The lowest BCUT2D eigenvalue weighted by atomic mass is 9.90. The lowest BCUT2D eigenvalue weighted by Crippen LogP contribution is -2.07. The first-order chi connectivity index (χ1) is 6.13. The normalized spacial score (nSPS) is 21.8. The topological polar surface area (TPSA) is 54.4 Å². The van der Waals surface area contributed by atoms with E-state index in [0.717, 1.165) is 12.7 Å². The van der Waals surface area contributed by atoms with Crippen molar-refractivity contribution in [3.8, 4) is 0 Å². The zero-order chi connectivity index (χ0) is 9.84. The highest BCUT2D eigenvalue weighted by Crippen LogP contribution is 2.23. The van der Waals surface area contributed by atoms with Crippen LogP contribution in [0.15, 0.2) is 23.3 Å². The standard InChI is InChI=1S/C10H12O3/c1-7-2-3-8(6-11)9(4-7)5-10(12)13/h3-4,6-7H,2,5H2,1H3,(H,12,13). The molecule has 0 aromatic carbocycles. The van der Waals surface area contributed by atoms with Crippen LogP contribution in [0.5, 0.6) is 0 Å². The van der Waals surface area contributed by atoms with E-state index in [1.807, 2.05) is 13.0 Å². The number of carbonyl (C=O) groups excluding carboxylic acids is 1. The first-order valence-corrected chi connectivity index (χ1v) is 4.21. The van der Waals surface area contributed by atoms with Crippen LogP contribution in [-0.4, -0.2) is 17.4 Å². The third kappa shape index (κ3) is 2.54. The molecule has 1 unspecified atom stereocenters. The van der Waals surface area contributed by atoms with Crippen molar-refractivity contribution < 1.29 is 14.7 Å². The van der Waals surface area contributed by atoms with Gasteiger partial charge in [0.1, 0.15) is 6.29 Å². The number of rotatable bonds is 3. The summed E-state index contributed by atoms with van der Waals surface area (Å²) in [6, 6.07) is 0. The van der Waals surface area contributed by atoms with Gasteiger partial charge in [-0.2, -0.15) is 0 Å². The zero-order valence-corrected chi connectivity index (χ0v) is 7.49. The maximum atomic E-state index is 10.6. The van der Waals surface area contributed by atoms with Crippen LogP contribution in [0.3, 0.4) is 0 Å². The second-order valence-electron chi connectivity index (χ2n) is 3.25. The van der Waals surface area contributed by atoms with E-state index in [9.17, 15) is 9.59 Å². The van der Waals surface area contributed by atoms with E-state index in [1.54, 1.807) is 6.08 Å². The first kappa shape index (κ1) is 9.71. The molecule has 3 heteroatoms. The van der Waals surface area contributed by atoms with Gasteiger partial charge in [-0.05, 0) is 17.9 Å². The van der Waals surface area contributed by atoms with Crippen molar-refractivity contribution in [2.24, 2.45) is 5.92 Å². The molecule has 1 aliphatic rings. The van der Waals surface area contributed by atoms with Gasteiger partial charge in [0, 0.05) is 5.57 Å². The second-order valence-corrected chi connectivity index (χ2v) is 3.25. The van der Waals surface area contributed by atoms with Crippen molar-refractivity contribution >= 4 is 12.3 Å². The van der Waals surface area contributed by atoms with Crippen LogP contribution >= 0.6 is 0 Å². The van der Waals surface area contributed by atoms with Crippen LogP contribution in [0.2, 0.25) is 0 Å². The SMILES string of the molecule is CC1C=C(CC(=O)O)C(C=O)=CC1. The molecule has 1 N–H and O–H groups in total. The molecular weight excluding hydrogens is 168 g/mol. The van der Waals surface area contributed by atoms with Gasteiger partial charge in [-0.3, -0.25) is 9.59 Å². The Hall–Kier alpha value is -1.38. The third-order valence-corrected chi connectivity index (χ3v) is 2.03.